The van der Waals surface area contributed by atoms with Crippen LogP contribution in [0.3, 0.4) is 0 Å². The van der Waals surface area contributed by atoms with Crippen molar-refractivity contribution in [3.8, 4) is 0 Å². The minimum Gasteiger partial charge on any atom is -0.348 e. The molecule has 2 aromatic rings. The summed E-state index contributed by atoms with van der Waals surface area (Å²) in [4.78, 5) is 12.2. The number of alkyl halides is 1. The Morgan fingerprint density at radius 1 is 1.10 bits per heavy atom. The summed E-state index contributed by atoms with van der Waals surface area (Å²) in [5.41, 5.74) is 2.68. The lowest BCUT2D eigenvalue weighted by Gasteiger charge is -2.08. The summed E-state index contributed by atoms with van der Waals surface area (Å²) in [6.45, 7) is 0.475. The summed E-state index contributed by atoms with van der Waals surface area (Å²) in [5, 5.41) is 2.90. The molecule has 2 aromatic carbocycles. The molecule has 0 aliphatic carbocycles. The van der Waals surface area contributed by atoms with Gasteiger partial charge in [-0.15, -0.1) is 11.6 Å². The summed E-state index contributed by atoms with van der Waals surface area (Å²) in [6.07, 6.45) is 0. The lowest BCUT2D eigenvalue weighted by Crippen LogP contribution is -2.23. The van der Waals surface area contributed by atoms with Gasteiger partial charge in [-0.2, -0.15) is 0 Å². The molecular formula is C15H12Br2ClNO. The van der Waals surface area contributed by atoms with E-state index < -0.39 is 0 Å². The minimum atomic E-state index is -0.116. The highest BCUT2D eigenvalue weighted by Gasteiger charge is 2.10. The monoisotopic (exact) mass is 415 g/mol. The number of halogens is 3. The first-order chi connectivity index (χ1) is 9.60. The topological polar surface area (TPSA) is 29.1 Å². The van der Waals surface area contributed by atoms with Gasteiger partial charge < -0.3 is 5.32 Å². The molecule has 5 heteroatoms. The second kappa shape index (κ2) is 7.25. The van der Waals surface area contributed by atoms with Gasteiger partial charge in [-0.25, -0.2) is 0 Å². The van der Waals surface area contributed by atoms with E-state index in [0.717, 1.165) is 20.1 Å². The summed E-state index contributed by atoms with van der Waals surface area (Å²) < 4.78 is 1.64. The van der Waals surface area contributed by atoms with Crippen LogP contribution in [0.1, 0.15) is 21.5 Å². The molecule has 0 saturated carbocycles. The van der Waals surface area contributed by atoms with Crippen molar-refractivity contribution in [2.24, 2.45) is 0 Å². The average Bonchev–Trinajstić information content (AvgIpc) is 2.47. The number of hydrogen-bond acceptors (Lipinski definition) is 1. The quantitative estimate of drug-likeness (QED) is 0.706. The van der Waals surface area contributed by atoms with Crippen LogP contribution in [0.2, 0.25) is 0 Å². The maximum Gasteiger partial charge on any atom is 0.252 e. The van der Waals surface area contributed by atoms with Crippen molar-refractivity contribution in [1.29, 1.82) is 0 Å². The number of rotatable bonds is 4. The van der Waals surface area contributed by atoms with Crippen molar-refractivity contribution >= 4 is 49.4 Å². The predicted molar refractivity (Wildman–Crippen MR) is 89.0 cm³/mol. The SMILES string of the molecule is O=C(NCc1cccc(CCl)c1)c1cc(Br)ccc1Br. The van der Waals surface area contributed by atoms with Crippen LogP contribution in [0, 0.1) is 0 Å². The van der Waals surface area contributed by atoms with E-state index in [9.17, 15) is 4.79 Å². The fourth-order valence-electron chi connectivity index (χ4n) is 1.77. The van der Waals surface area contributed by atoms with Crippen molar-refractivity contribution in [3.63, 3.8) is 0 Å². The first kappa shape index (κ1) is 15.5. The molecule has 0 heterocycles. The molecule has 104 valence electrons. The smallest absolute Gasteiger partial charge is 0.252 e. The first-order valence-electron chi connectivity index (χ1n) is 5.97. The van der Waals surface area contributed by atoms with E-state index in [0.29, 0.717) is 18.0 Å². The third-order valence-corrected chi connectivity index (χ3v) is 4.27. The Kier molecular flexibility index (Phi) is 5.64. The zero-order valence-corrected chi connectivity index (χ0v) is 14.4. The number of carbonyl (C=O) groups is 1. The van der Waals surface area contributed by atoms with Gasteiger partial charge in [0.1, 0.15) is 0 Å². The molecule has 1 N–H and O–H groups in total. The van der Waals surface area contributed by atoms with Gasteiger partial charge in [0.2, 0.25) is 0 Å². The van der Waals surface area contributed by atoms with Gasteiger partial charge in [0.05, 0.1) is 5.56 Å². The van der Waals surface area contributed by atoms with Gasteiger partial charge >= 0.3 is 0 Å². The van der Waals surface area contributed by atoms with Gasteiger partial charge in [0.25, 0.3) is 5.91 Å². The summed E-state index contributed by atoms with van der Waals surface area (Å²) in [6, 6.07) is 13.4. The Morgan fingerprint density at radius 2 is 1.85 bits per heavy atom. The molecule has 0 atom stereocenters. The molecule has 0 radical (unpaired) electrons. The molecule has 20 heavy (non-hydrogen) atoms. The first-order valence-corrected chi connectivity index (χ1v) is 8.09. The van der Waals surface area contributed by atoms with Crippen molar-refractivity contribution in [2.75, 3.05) is 0 Å². The van der Waals surface area contributed by atoms with E-state index in [2.05, 4.69) is 37.2 Å². The summed E-state index contributed by atoms with van der Waals surface area (Å²) >= 11 is 12.5. The standard InChI is InChI=1S/C15H12Br2ClNO/c16-12-4-5-14(17)13(7-12)15(20)19-9-11-3-1-2-10(6-11)8-18/h1-7H,8-9H2,(H,19,20). The van der Waals surface area contributed by atoms with E-state index in [1.165, 1.54) is 0 Å². The van der Waals surface area contributed by atoms with Crippen LogP contribution in [-0.4, -0.2) is 5.91 Å². The van der Waals surface area contributed by atoms with Crippen LogP contribution in [-0.2, 0) is 12.4 Å². The highest BCUT2D eigenvalue weighted by molar-refractivity contribution is 9.11. The van der Waals surface area contributed by atoms with Gasteiger partial charge in [0.15, 0.2) is 0 Å². The fraction of sp³-hybridized carbons (Fsp3) is 0.133. The Morgan fingerprint density at radius 3 is 2.60 bits per heavy atom. The molecule has 2 nitrogen and oxygen atoms in total. The van der Waals surface area contributed by atoms with Crippen LogP contribution in [0.25, 0.3) is 0 Å². The van der Waals surface area contributed by atoms with Crippen molar-refractivity contribution in [1.82, 2.24) is 5.32 Å². The Hall–Kier alpha value is -0.840. The molecule has 2 rings (SSSR count). The Balaban J connectivity index is 2.06. The third-order valence-electron chi connectivity index (χ3n) is 2.77. The maximum absolute atomic E-state index is 12.2. The molecular weight excluding hydrogens is 405 g/mol. The van der Waals surface area contributed by atoms with E-state index in [-0.39, 0.29) is 5.91 Å². The number of hydrogen-bond donors (Lipinski definition) is 1. The maximum atomic E-state index is 12.2. The van der Waals surface area contributed by atoms with Crippen molar-refractivity contribution < 1.29 is 4.79 Å². The highest BCUT2D eigenvalue weighted by Crippen LogP contribution is 2.21. The second-order valence-electron chi connectivity index (χ2n) is 4.26. The largest absolute Gasteiger partial charge is 0.348 e. The number of nitrogens with one attached hydrogen (secondary N) is 1. The summed E-state index contributed by atoms with van der Waals surface area (Å²) in [7, 11) is 0. The van der Waals surface area contributed by atoms with E-state index in [4.69, 9.17) is 11.6 Å². The van der Waals surface area contributed by atoms with Gasteiger partial charge in [-0.05, 0) is 45.3 Å². The second-order valence-corrected chi connectivity index (χ2v) is 6.30. The third kappa shape index (κ3) is 4.08. The van der Waals surface area contributed by atoms with Gasteiger partial charge in [-0.1, -0.05) is 40.2 Å². The van der Waals surface area contributed by atoms with Crippen LogP contribution >= 0.6 is 43.5 Å². The Bertz CT molecular complexity index is 631. The molecule has 0 aliphatic heterocycles. The van der Waals surface area contributed by atoms with Crippen LogP contribution < -0.4 is 5.32 Å². The predicted octanol–water partition coefficient (Wildman–Crippen LogP) is 4.88. The van der Waals surface area contributed by atoms with E-state index in [1.54, 1.807) is 6.07 Å². The summed E-state index contributed by atoms with van der Waals surface area (Å²) in [5.74, 6) is 0.355. The highest BCUT2D eigenvalue weighted by atomic mass is 79.9. The molecule has 0 aromatic heterocycles. The normalized spacial score (nSPS) is 10.3. The number of carbonyl (C=O) groups excluding carboxylic acids is 1. The number of amides is 1. The fourth-order valence-corrected chi connectivity index (χ4v) is 2.73. The zero-order valence-electron chi connectivity index (χ0n) is 10.5. The molecule has 0 bridgehead atoms. The lowest BCUT2D eigenvalue weighted by atomic mass is 10.1. The molecule has 0 aliphatic rings. The zero-order chi connectivity index (χ0) is 14.5. The van der Waals surface area contributed by atoms with Crippen LogP contribution in [0.15, 0.2) is 51.4 Å². The molecule has 0 spiro atoms. The number of benzene rings is 2. The molecule has 0 saturated heterocycles. The van der Waals surface area contributed by atoms with E-state index >= 15 is 0 Å². The Labute approximate surface area is 139 Å². The lowest BCUT2D eigenvalue weighted by molar-refractivity contribution is 0.0950. The molecule has 0 fully saturated rings. The van der Waals surface area contributed by atoms with Crippen LogP contribution in [0.4, 0.5) is 0 Å². The van der Waals surface area contributed by atoms with Gasteiger partial charge in [0, 0.05) is 21.4 Å². The minimum absolute atomic E-state index is 0.116. The van der Waals surface area contributed by atoms with Gasteiger partial charge in [-0.3, -0.25) is 4.79 Å². The average molecular weight is 418 g/mol. The van der Waals surface area contributed by atoms with Crippen molar-refractivity contribution in [2.45, 2.75) is 12.4 Å². The van der Waals surface area contributed by atoms with E-state index in [1.807, 2.05) is 36.4 Å². The van der Waals surface area contributed by atoms with Crippen molar-refractivity contribution in [3.05, 3.63) is 68.1 Å². The van der Waals surface area contributed by atoms with Crippen LogP contribution in [0.5, 0.6) is 0 Å². The molecule has 0 unspecified atom stereocenters. The molecule has 1 amide bonds.